The zero-order chi connectivity index (χ0) is 14.8. The van der Waals surface area contributed by atoms with Crippen molar-refractivity contribution in [2.75, 3.05) is 17.3 Å². The lowest BCUT2D eigenvalue weighted by molar-refractivity contribution is 1.15. The predicted molar refractivity (Wildman–Crippen MR) is 97.3 cm³/mol. The van der Waals surface area contributed by atoms with Crippen LogP contribution in [0.5, 0.6) is 0 Å². The minimum absolute atomic E-state index is 0.739. The van der Waals surface area contributed by atoms with Crippen LogP contribution in [0.2, 0.25) is 0 Å². The summed E-state index contributed by atoms with van der Waals surface area (Å²) >= 11 is 6.88. The first-order chi connectivity index (χ1) is 10.2. The van der Waals surface area contributed by atoms with E-state index in [9.17, 15) is 0 Å². The monoisotopic (exact) mass is 379 g/mol. The minimum Gasteiger partial charge on any atom is -0.397 e. The number of halogens is 1. The van der Waals surface area contributed by atoms with Crippen molar-refractivity contribution in [3.63, 3.8) is 0 Å². The number of nitrogen functional groups attached to an aromatic ring is 1. The highest BCUT2D eigenvalue weighted by molar-refractivity contribution is 9.10. The zero-order valence-electron chi connectivity index (χ0n) is 11.4. The number of nitrogens with two attached hydrogens (primary N) is 1. The number of thioether (sulfide) groups is 1. The van der Waals surface area contributed by atoms with Crippen LogP contribution in [0.3, 0.4) is 0 Å². The van der Waals surface area contributed by atoms with E-state index in [2.05, 4.69) is 50.7 Å². The Morgan fingerprint density at radius 3 is 2.95 bits per heavy atom. The van der Waals surface area contributed by atoms with Gasteiger partial charge in [-0.1, -0.05) is 33.8 Å². The van der Waals surface area contributed by atoms with Gasteiger partial charge in [-0.15, -0.1) is 11.3 Å². The molecule has 0 saturated carbocycles. The van der Waals surface area contributed by atoms with Gasteiger partial charge in [0.1, 0.15) is 0 Å². The van der Waals surface area contributed by atoms with Gasteiger partial charge in [0.25, 0.3) is 0 Å². The summed E-state index contributed by atoms with van der Waals surface area (Å²) in [5.41, 5.74) is 9.95. The van der Waals surface area contributed by atoms with Crippen LogP contribution in [0.15, 0.2) is 45.2 Å². The molecule has 3 nitrogen and oxygen atoms in total. The lowest BCUT2D eigenvalue weighted by Gasteiger charge is -2.09. The Morgan fingerprint density at radius 1 is 1.29 bits per heavy atom. The van der Waals surface area contributed by atoms with Crippen LogP contribution in [0.4, 0.5) is 11.4 Å². The van der Waals surface area contributed by atoms with Gasteiger partial charge in [0.15, 0.2) is 4.34 Å². The summed E-state index contributed by atoms with van der Waals surface area (Å²) in [6, 6.07) is 12.2. The molecule has 3 rings (SSSR count). The van der Waals surface area contributed by atoms with Crippen LogP contribution < -0.4 is 11.1 Å². The number of hydrogen-bond acceptors (Lipinski definition) is 5. The van der Waals surface area contributed by atoms with Crippen molar-refractivity contribution in [3.05, 3.63) is 46.4 Å². The second-order valence-corrected chi connectivity index (χ2v) is 7.57. The molecule has 0 aliphatic carbocycles. The predicted octanol–water partition coefficient (Wildman–Crippen LogP) is 4.98. The SMILES string of the molecule is CSc1nc2ccc(CNc3cc(Br)ccc3N)cc2s1. The lowest BCUT2D eigenvalue weighted by Crippen LogP contribution is -2.02. The van der Waals surface area contributed by atoms with Crippen molar-refractivity contribution in [1.82, 2.24) is 4.98 Å². The summed E-state index contributed by atoms with van der Waals surface area (Å²) in [7, 11) is 0. The van der Waals surface area contributed by atoms with Gasteiger partial charge in [-0.05, 0) is 42.2 Å². The maximum absolute atomic E-state index is 5.97. The average Bonchev–Trinajstić information content (AvgIpc) is 2.90. The third-order valence-corrected chi connectivity index (χ3v) is 5.60. The van der Waals surface area contributed by atoms with Crippen molar-refractivity contribution in [3.8, 4) is 0 Å². The molecule has 0 atom stereocenters. The van der Waals surface area contributed by atoms with Gasteiger partial charge in [0.05, 0.1) is 21.6 Å². The third-order valence-electron chi connectivity index (χ3n) is 3.11. The third kappa shape index (κ3) is 3.33. The van der Waals surface area contributed by atoms with Crippen molar-refractivity contribution in [1.29, 1.82) is 0 Å². The summed E-state index contributed by atoms with van der Waals surface area (Å²) in [4.78, 5) is 4.55. The molecule has 3 aromatic rings. The molecular weight excluding hydrogens is 366 g/mol. The van der Waals surface area contributed by atoms with E-state index in [1.165, 1.54) is 10.3 Å². The molecule has 0 aliphatic rings. The smallest absolute Gasteiger partial charge is 0.150 e. The van der Waals surface area contributed by atoms with E-state index in [4.69, 9.17) is 5.73 Å². The van der Waals surface area contributed by atoms with Crippen LogP contribution in [-0.4, -0.2) is 11.2 Å². The highest BCUT2D eigenvalue weighted by Crippen LogP contribution is 2.29. The van der Waals surface area contributed by atoms with Gasteiger partial charge in [-0.25, -0.2) is 4.98 Å². The fourth-order valence-electron chi connectivity index (χ4n) is 2.02. The number of thiazole rings is 1. The lowest BCUT2D eigenvalue weighted by atomic mass is 10.2. The Kier molecular flexibility index (Phi) is 4.37. The molecule has 0 bridgehead atoms. The first-order valence-corrected chi connectivity index (χ1v) is 9.21. The van der Waals surface area contributed by atoms with Crippen LogP contribution >= 0.6 is 39.0 Å². The van der Waals surface area contributed by atoms with E-state index in [0.717, 1.165) is 32.2 Å². The highest BCUT2D eigenvalue weighted by Gasteiger charge is 2.05. The fraction of sp³-hybridized carbons (Fsp3) is 0.133. The zero-order valence-corrected chi connectivity index (χ0v) is 14.6. The average molecular weight is 380 g/mol. The minimum atomic E-state index is 0.739. The van der Waals surface area contributed by atoms with Crippen LogP contribution in [-0.2, 0) is 6.54 Å². The maximum atomic E-state index is 5.97. The number of hydrogen-bond donors (Lipinski definition) is 2. The Morgan fingerprint density at radius 2 is 2.14 bits per heavy atom. The topological polar surface area (TPSA) is 50.9 Å². The van der Waals surface area contributed by atoms with E-state index in [0.29, 0.717) is 0 Å². The van der Waals surface area contributed by atoms with E-state index in [1.807, 2.05) is 18.2 Å². The largest absolute Gasteiger partial charge is 0.397 e. The van der Waals surface area contributed by atoms with Gasteiger partial charge >= 0.3 is 0 Å². The molecule has 1 aromatic heterocycles. The van der Waals surface area contributed by atoms with E-state index >= 15 is 0 Å². The number of aromatic nitrogens is 1. The maximum Gasteiger partial charge on any atom is 0.150 e. The molecule has 108 valence electrons. The molecule has 0 aliphatic heterocycles. The van der Waals surface area contributed by atoms with E-state index < -0.39 is 0 Å². The molecule has 2 aromatic carbocycles. The summed E-state index contributed by atoms with van der Waals surface area (Å²) in [5.74, 6) is 0. The van der Waals surface area contributed by atoms with Gasteiger partial charge in [-0.2, -0.15) is 0 Å². The van der Waals surface area contributed by atoms with Gasteiger partial charge in [-0.3, -0.25) is 0 Å². The van der Waals surface area contributed by atoms with Crippen molar-refractivity contribution in [2.45, 2.75) is 10.9 Å². The summed E-state index contributed by atoms with van der Waals surface area (Å²) in [6.07, 6.45) is 2.05. The Hall–Kier alpha value is -1.24. The first kappa shape index (κ1) is 14.7. The summed E-state index contributed by atoms with van der Waals surface area (Å²) in [5, 5.41) is 3.38. The molecule has 1 heterocycles. The standard InChI is InChI=1S/C15H14BrN3S2/c1-20-15-19-12-5-2-9(6-14(12)21-15)8-18-13-7-10(16)3-4-11(13)17/h2-7,18H,8,17H2,1H3. The quantitative estimate of drug-likeness (QED) is 0.495. The molecule has 0 fully saturated rings. The Balaban J connectivity index is 1.80. The molecule has 21 heavy (non-hydrogen) atoms. The number of nitrogens with zero attached hydrogens (tertiary/aromatic N) is 1. The molecule has 6 heteroatoms. The van der Waals surface area contributed by atoms with E-state index in [1.54, 1.807) is 23.1 Å². The van der Waals surface area contributed by atoms with Crippen LogP contribution in [0, 0.1) is 0 Å². The Bertz CT molecular complexity index is 786. The van der Waals surface area contributed by atoms with E-state index in [-0.39, 0.29) is 0 Å². The summed E-state index contributed by atoms with van der Waals surface area (Å²) in [6.45, 7) is 0.739. The van der Waals surface area contributed by atoms with Crippen LogP contribution in [0.25, 0.3) is 10.2 Å². The number of nitrogens with one attached hydrogen (secondary N) is 1. The fourth-order valence-corrected chi connectivity index (χ4v) is 3.94. The highest BCUT2D eigenvalue weighted by atomic mass is 79.9. The van der Waals surface area contributed by atoms with Gasteiger partial charge in [0.2, 0.25) is 0 Å². The molecule has 0 unspecified atom stereocenters. The molecular formula is C15H14BrN3S2. The Labute approximate surface area is 140 Å². The van der Waals surface area contributed by atoms with Crippen molar-refractivity contribution >= 4 is 60.6 Å². The number of benzene rings is 2. The number of anilines is 2. The molecule has 0 amide bonds. The van der Waals surface area contributed by atoms with Gasteiger partial charge in [0, 0.05) is 11.0 Å². The molecule has 0 spiro atoms. The van der Waals surface area contributed by atoms with Crippen molar-refractivity contribution < 1.29 is 0 Å². The second-order valence-electron chi connectivity index (χ2n) is 4.57. The molecule has 0 radical (unpaired) electrons. The normalized spacial score (nSPS) is 11.0. The molecule has 3 N–H and O–H groups in total. The molecule has 0 saturated heterocycles. The number of fused-ring (bicyclic) bond motifs is 1. The van der Waals surface area contributed by atoms with Crippen molar-refractivity contribution in [2.24, 2.45) is 0 Å². The van der Waals surface area contributed by atoms with Crippen LogP contribution in [0.1, 0.15) is 5.56 Å². The summed E-state index contributed by atoms with van der Waals surface area (Å²) < 4.78 is 3.34. The van der Waals surface area contributed by atoms with Gasteiger partial charge < -0.3 is 11.1 Å². The first-order valence-electron chi connectivity index (χ1n) is 6.38. The second kappa shape index (κ2) is 6.25. The number of rotatable bonds is 4.